The summed E-state index contributed by atoms with van der Waals surface area (Å²) in [4.78, 5) is 11.4. The molecule has 0 heterocycles. The first-order valence-electron chi connectivity index (χ1n) is 5.69. The molecule has 0 aromatic carbocycles. The van der Waals surface area contributed by atoms with Crippen LogP contribution in [0.2, 0.25) is 0 Å². The van der Waals surface area contributed by atoms with Crippen LogP contribution >= 0.6 is 24.0 Å². The Bertz CT molecular complexity index is 227. The van der Waals surface area contributed by atoms with Gasteiger partial charge in [-0.05, 0) is 30.4 Å². The van der Waals surface area contributed by atoms with E-state index in [1.807, 2.05) is 0 Å². The van der Waals surface area contributed by atoms with Gasteiger partial charge >= 0.3 is 0 Å². The Labute approximate surface area is 108 Å². The summed E-state index contributed by atoms with van der Waals surface area (Å²) in [5.41, 5.74) is 0. The summed E-state index contributed by atoms with van der Waals surface area (Å²) >= 11 is 5.91. The van der Waals surface area contributed by atoms with E-state index in [1.165, 1.54) is 19.3 Å². The topological polar surface area (TPSA) is 26.3 Å². The molecule has 0 radical (unpaired) electrons. The molecule has 0 N–H and O–H groups in total. The summed E-state index contributed by atoms with van der Waals surface area (Å²) in [5, 5.41) is 0.102. The molecule has 0 rings (SSSR count). The lowest BCUT2D eigenvalue weighted by molar-refractivity contribution is -0.111. The van der Waals surface area contributed by atoms with E-state index in [4.69, 9.17) is 17.0 Å². The minimum atomic E-state index is 0.102. The zero-order valence-corrected chi connectivity index (χ0v) is 11.5. The van der Waals surface area contributed by atoms with Gasteiger partial charge in [0.1, 0.15) is 6.61 Å². The Hall–Kier alpha value is -0.350. The van der Waals surface area contributed by atoms with Crippen LogP contribution in [0, 0.1) is 0 Å². The summed E-state index contributed by atoms with van der Waals surface area (Å²) in [6.07, 6.45) is 7.97. The normalized spacial score (nSPS) is 9.81. The van der Waals surface area contributed by atoms with Crippen molar-refractivity contribution in [2.45, 2.75) is 45.4 Å². The first-order valence-corrected chi connectivity index (χ1v) is 6.91. The zero-order chi connectivity index (χ0) is 12.2. The molecule has 0 amide bonds. The second-order valence-corrected chi connectivity index (χ2v) is 5.15. The van der Waals surface area contributed by atoms with Crippen molar-refractivity contribution in [3.8, 4) is 0 Å². The Morgan fingerprint density at radius 1 is 1.38 bits per heavy atom. The SMILES string of the molecule is C=CCOC(=S)SC(=O)CCCCCCC. The number of rotatable bonds is 8. The maximum Gasteiger partial charge on any atom is 0.227 e. The molecule has 0 saturated heterocycles. The van der Waals surface area contributed by atoms with E-state index in [1.54, 1.807) is 6.08 Å². The highest BCUT2D eigenvalue weighted by Gasteiger charge is 2.07. The molecule has 0 bridgehead atoms. The lowest BCUT2D eigenvalue weighted by atomic mass is 10.1. The third-order valence-corrected chi connectivity index (χ3v) is 3.08. The lowest BCUT2D eigenvalue weighted by Crippen LogP contribution is -2.02. The van der Waals surface area contributed by atoms with Crippen molar-refractivity contribution in [2.24, 2.45) is 0 Å². The number of thioether (sulfide) groups is 1. The largest absolute Gasteiger partial charge is 0.474 e. The van der Waals surface area contributed by atoms with Gasteiger partial charge in [-0.15, -0.1) is 0 Å². The molecule has 0 aliphatic rings. The van der Waals surface area contributed by atoms with E-state index in [9.17, 15) is 4.79 Å². The Kier molecular flexibility index (Phi) is 10.9. The van der Waals surface area contributed by atoms with E-state index in [-0.39, 0.29) is 5.12 Å². The first kappa shape index (κ1) is 15.7. The van der Waals surface area contributed by atoms with E-state index >= 15 is 0 Å². The standard InChI is InChI=1S/C12H20O2S2/c1-3-5-6-7-8-9-11(13)16-12(15)14-10-4-2/h4H,2-3,5-10H2,1H3. The van der Waals surface area contributed by atoms with Gasteiger partial charge in [0.25, 0.3) is 0 Å². The molecule has 0 aromatic rings. The molecule has 16 heavy (non-hydrogen) atoms. The molecule has 4 heteroatoms. The maximum atomic E-state index is 11.4. The summed E-state index contributed by atoms with van der Waals surface area (Å²) in [6, 6.07) is 0. The molecule has 92 valence electrons. The van der Waals surface area contributed by atoms with Gasteiger partial charge in [0.2, 0.25) is 4.38 Å². The Morgan fingerprint density at radius 3 is 2.69 bits per heavy atom. The van der Waals surface area contributed by atoms with Crippen LogP contribution in [0.4, 0.5) is 0 Å². The molecular formula is C12H20O2S2. The third kappa shape index (κ3) is 10.2. The molecule has 0 atom stereocenters. The Balaban J connectivity index is 3.43. The molecule has 0 aromatic heterocycles. The van der Waals surface area contributed by atoms with Gasteiger partial charge in [-0.25, -0.2) is 0 Å². The van der Waals surface area contributed by atoms with Crippen LogP contribution in [0.5, 0.6) is 0 Å². The second kappa shape index (κ2) is 11.1. The van der Waals surface area contributed by atoms with E-state index in [0.717, 1.165) is 24.6 Å². The summed E-state index contributed by atoms with van der Waals surface area (Å²) in [7, 11) is 0. The molecule has 0 saturated carbocycles. The number of thiocarbonyl (C=S) groups is 1. The molecule has 0 fully saturated rings. The average Bonchev–Trinajstić information content (AvgIpc) is 2.26. The first-order chi connectivity index (χ1) is 7.70. The van der Waals surface area contributed by atoms with Crippen molar-refractivity contribution in [1.29, 1.82) is 0 Å². The van der Waals surface area contributed by atoms with E-state index < -0.39 is 0 Å². The maximum absolute atomic E-state index is 11.4. The van der Waals surface area contributed by atoms with Crippen molar-refractivity contribution in [3.05, 3.63) is 12.7 Å². The van der Waals surface area contributed by atoms with Gasteiger partial charge in [-0.2, -0.15) is 0 Å². The summed E-state index contributed by atoms with van der Waals surface area (Å²) in [6.45, 7) is 6.06. The number of unbranched alkanes of at least 4 members (excludes halogenated alkanes) is 4. The van der Waals surface area contributed by atoms with E-state index in [2.05, 4.69) is 13.5 Å². The predicted molar refractivity (Wildman–Crippen MR) is 74.7 cm³/mol. The fraction of sp³-hybridized carbons (Fsp3) is 0.667. The highest BCUT2D eigenvalue weighted by atomic mass is 32.2. The zero-order valence-electron chi connectivity index (χ0n) is 9.87. The fourth-order valence-electron chi connectivity index (χ4n) is 1.17. The smallest absolute Gasteiger partial charge is 0.227 e. The van der Waals surface area contributed by atoms with Crippen molar-refractivity contribution in [1.82, 2.24) is 0 Å². The molecule has 0 aliphatic heterocycles. The predicted octanol–water partition coefficient (Wildman–Crippen LogP) is 4.09. The van der Waals surface area contributed by atoms with Crippen LogP contribution in [0.3, 0.4) is 0 Å². The number of hydrogen-bond donors (Lipinski definition) is 0. The van der Waals surface area contributed by atoms with Crippen LogP contribution < -0.4 is 0 Å². The quantitative estimate of drug-likeness (QED) is 0.373. The van der Waals surface area contributed by atoms with Crippen molar-refractivity contribution >= 4 is 33.5 Å². The minimum Gasteiger partial charge on any atom is -0.474 e. The highest BCUT2D eigenvalue weighted by molar-refractivity contribution is 8.32. The van der Waals surface area contributed by atoms with Gasteiger partial charge in [0, 0.05) is 6.42 Å². The number of ether oxygens (including phenoxy) is 1. The van der Waals surface area contributed by atoms with Crippen molar-refractivity contribution in [2.75, 3.05) is 6.61 Å². The van der Waals surface area contributed by atoms with Crippen LogP contribution in [-0.2, 0) is 9.53 Å². The van der Waals surface area contributed by atoms with Crippen molar-refractivity contribution < 1.29 is 9.53 Å². The van der Waals surface area contributed by atoms with Crippen LogP contribution in [0.1, 0.15) is 45.4 Å². The number of carbonyl (C=O) groups excluding carboxylic acids is 1. The van der Waals surface area contributed by atoms with Gasteiger partial charge in [0.15, 0.2) is 5.12 Å². The van der Waals surface area contributed by atoms with Crippen molar-refractivity contribution in [3.63, 3.8) is 0 Å². The monoisotopic (exact) mass is 260 g/mol. The molecule has 0 spiro atoms. The lowest BCUT2D eigenvalue weighted by Gasteiger charge is -2.03. The molecule has 0 aliphatic carbocycles. The van der Waals surface area contributed by atoms with Gasteiger partial charge in [0.05, 0.1) is 0 Å². The number of hydrogen-bond acceptors (Lipinski definition) is 4. The van der Waals surface area contributed by atoms with Gasteiger partial charge in [-0.3, -0.25) is 4.79 Å². The third-order valence-electron chi connectivity index (χ3n) is 2.00. The van der Waals surface area contributed by atoms with Gasteiger partial charge < -0.3 is 4.74 Å². The molecule has 0 unspecified atom stereocenters. The highest BCUT2D eigenvalue weighted by Crippen LogP contribution is 2.14. The van der Waals surface area contributed by atoms with Crippen LogP contribution in [-0.4, -0.2) is 16.1 Å². The summed E-state index contributed by atoms with van der Waals surface area (Å²) in [5.74, 6) is 0. The Morgan fingerprint density at radius 2 is 2.06 bits per heavy atom. The second-order valence-electron chi connectivity index (χ2n) is 3.49. The number of carbonyl (C=O) groups is 1. The molecular weight excluding hydrogens is 240 g/mol. The van der Waals surface area contributed by atoms with Gasteiger partial charge in [-0.1, -0.05) is 45.3 Å². The fourth-order valence-corrected chi connectivity index (χ4v) is 2.08. The summed E-state index contributed by atoms with van der Waals surface area (Å²) < 4.78 is 5.37. The van der Waals surface area contributed by atoms with E-state index in [0.29, 0.717) is 17.4 Å². The molecule has 2 nitrogen and oxygen atoms in total. The van der Waals surface area contributed by atoms with Crippen LogP contribution in [0.25, 0.3) is 0 Å². The van der Waals surface area contributed by atoms with Crippen LogP contribution in [0.15, 0.2) is 12.7 Å². The minimum absolute atomic E-state index is 0.102. The average molecular weight is 260 g/mol.